The summed E-state index contributed by atoms with van der Waals surface area (Å²) in [6.45, 7) is 8.13. The third-order valence-corrected chi connectivity index (χ3v) is 4.59. The molecule has 1 aromatic carbocycles. The molecule has 0 fully saturated rings. The lowest BCUT2D eigenvalue weighted by Crippen LogP contribution is -2.41. The highest BCUT2D eigenvalue weighted by Gasteiger charge is 2.09. The van der Waals surface area contributed by atoms with E-state index in [0.717, 1.165) is 25.2 Å². The minimum absolute atomic E-state index is 0.117. The quantitative estimate of drug-likeness (QED) is 0.230. The average Bonchev–Trinajstić information content (AvgIpc) is 2.54. The second-order valence-corrected chi connectivity index (χ2v) is 7.92. The van der Waals surface area contributed by atoms with Crippen molar-refractivity contribution in [2.75, 3.05) is 39.3 Å². The van der Waals surface area contributed by atoms with E-state index in [4.69, 9.17) is 4.55 Å². The second-order valence-electron chi connectivity index (χ2n) is 6.50. The normalized spacial score (nSPS) is 14.5. The lowest BCUT2D eigenvalue weighted by Gasteiger charge is -2.24. The molecule has 0 saturated carbocycles. The predicted molar refractivity (Wildman–Crippen MR) is 101 cm³/mol. The van der Waals surface area contributed by atoms with Crippen LogP contribution in [0.2, 0.25) is 0 Å². The first kappa shape index (κ1) is 23.0. The van der Waals surface area contributed by atoms with E-state index in [-0.39, 0.29) is 11.0 Å². The maximum absolute atomic E-state index is 11.0. The van der Waals surface area contributed by atoms with E-state index < -0.39 is 16.2 Å². The third kappa shape index (κ3) is 10.2. The van der Waals surface area contributed by atoms with Gasteiger partial charge in [-0.1, -0.05) is 12.1 Å². The first-order chi connectivity index (χ1) is 12.2. The Morgan fingerprint density at radius 1 is 1.00 bits per heavy atom. The molecule has 0 aliphatic carbocycles. The summed E-state index contributed by atoms with van der Waals surface area (Å²) < 4.78 is 31.0. The summed E-state index contributed by atoms with van der Waals surface area (Å²) in [5, 5.41) is 25.3. The molecule has 0 bridgehead atoms. The molecular formula is C17H31N3O5S. The summed E-state index contributed by atoms with van der Waals surface area (Å²) in [7, 11) is -4.16. The lowest BCUT2D eigenvalue weighted by molar-refractivity contribution is 0.125. The average molecular weight is 390 g/mol. The van der Waals surface area contributed by atoms with E-state index in [2.05, 4.69) is 15.5 Å². The Morgan fingerprint density at radius 2 is 1.58 bits per heavy atom. The van der Waals surface area contributed by atoms with E-state index in [1.165, 1.54) is 12.1 Å². The van der Waals surface area contributed by atoms with Gasteiger partial charge in [0.1, 0.15) is 0 Å². The Morgan fingerprint density at radius 3 is 2.08 bits per heavy atom. The first-order valence-electron chi connectivity index (χ1n) is 8.75. The fraction of sp³-hybridized carbons (Fsp3) is 0.647. The fourth-order valence-corrected chi connectivity index (χ4v) is 2.95. The van der Waals surface area contributed by atoms with Gasteiger partial charge in [0.05, 0.1) is 17.1 Å². The summed E-state index contributed by atoms with van der Waals surface area (Å²) in [6.07, 6.45) is -0.797. The zero-order valence-electron chi connectivity index (χ0n) is 15.4. The molecule has 0 spiro atoms. The SMILES string of the molecule is C[C@H](O)CNCCN(CCNCc1ccc(S(=O)(=O)O)cc1)C[C@H](C)O. The van der Waals surface area contributed by atoms with Crippen LogP contribution >= 0.6 is 0 Å². The number of hydrogen-bond donors (Lipinski definition) is 5. The Labute approximate surface area is 156 Å². The Bertz CT molecular complexity index is 605. The van der Waals surface area contributed by atoms with E-state index in [1.807, 2.05) is 0 Å². The molecule has 9 heteroatoms. The molecule has 8 nitrogen and oxygen atoms in total. The van der Waals surface area contributed by atoms with E-state index in [0.29, 0.717) is 26.2 Å². The molecule has 2 atom stereocenters. The van der Waals surface area contributed by atoms with Crippen molar-refractivity contribution in [3.8, 4) is 0 Å². The van der Waals surface area contributed by atoms with Crippen LogP contribution in [0.15, 0.2) is 29.2 Å². The van der Waals surface area contributed by atoms with Crippen LogP contribution in [0.5, 0.6) is 0 Å². The standard InChI is InChI=1S/C17H31N3O5S/c1-14(21)11-18-7-9-20(13-15(2)22)10-8-19-12-16-3-5-17(6-4-16)26(23,24)25/h3-6,14-15,18-19,21-22H,7-13H2,1-2H3,(H,23,24,25)/t14-,15-/m0/s1. The molecule has 26 heavy (non-hydrogen) atoms. The predicted octanol–water partition coefficient (Wildman–Crippen LogP) is -0.324. The highest BCUT2D eigenvalue weighted by molar-refractivity contribution is 7.85. The zero-order chi connectivity index (χ0) is 19.6. The van der Waals surface area contributed by atoms with E-state index in [9.17, 15) is 18.6 Å². The van der Waals surface area contributed by atoms with Crippen LogP contribution in [0, 0.1) is 0 Å². The number of nitrogens with one attached hydrogen (secondary N) is 2. The van der Waals surface area contributed by atoms with Crippen molar-refractivity contribution in [3.63, 3.8) is 0 Å². The minimum Gasteiger partial charge on any atom is -0.392 e. The summed E-state index contributed by atoms with van der Waals surface area (Å²) in [5.74, 6) is 0. The van der Waals surface area contributed by atoms with Gasteiger partial charge in [0.25, 0.3) is 10.1 Å². The molecule has 0 aliphatic heterocycles. The number of nitrogens with zero attached hydrogens (tertiary/aromatic N) is 1. The van der Waals surface area contributed by atoms with Gasteiger partial charge in [-0.2, -0.15) is 8.42 Å². The summed E-state index contributed by atoms with van der Waals surface area (Å²) in [4.78, 5) is 2.02. The van der Waals surface area contributed by atoms with Gasteiger partial charge in [-0.05, 0) is 31.5 Å². The van der Waals surface area contributed by atoms with Gasteiger partial charge in [0, 0.05) is 45.8 Å². The number of aliphatic hydroxyl groups excluding tert-OH is 2. The van der Waals surface area contributed by atoms with Crippen molar-refractivity contribution in [1.82, 2.24) is 15.5 Å². The third-order valence-electron chi connectivity index (χ3n) is 3.72. The Balaban J connectivity index is 2.34. The van der Waals surface area contributed by atoms with Gasteiger partial charge in [0.15, 0.2) is 0 Å². The topological polar surface area (TPSA) is 122 Å². The molecule has 0 aliphatic rings. The van der Waals surface area contributed by atoms with Gasteiger partial charge in [-0.25, -0.2) is 0 Å². The first-order valence-corrected chi connectivity index (χ1v) is 10.2. The van der Waals surface area contributed by atoms with Crippen LogP contribution in [0.3, 0.4) is 0 Å². The summed E-state index contributed by atoms with van der Waals surface area (Å²) >= 11 is 0. The van der Waals surface area contributed by atoms with Gasteiger partial charge < -0.3 is 20.8 Å². The zero-order valence-corrected chi connectivity index (χ0v) is 16.2. The molecule has 0 unspecified atom stereocenters. The summed E-state index contributed by atoms with van der Waals surface area (Å²) in [5.41, 5.74) is 0.915. The Hall–Kier alpha value is -1.07. The smallest absolute Gasteiger partial charge is 0.294 e. The maximum Gasteiger partial charge on any atom is 0.294 e. The van der Waals surface area contributed by atoms with Crippen molar-refractivity contribution in [1.29, 1.82) is 0 Å². The number of benzene rings is 1. The molecule has 1 rings (SSSR count). The van der Waals surface area contributed by atoms with Crippen LogP contribution in [-0.2, 0) is 16.7 Å². The van der Waals surface area contributed by atoms with Crippen LogP contribution < -0.4 is 10.6 Å². The van der Waals surface area contributed by atoms with E-state index in [1.54, 1.807) is 26.0 Å². The second kappa shape index (κ2) is 11.6. The van der Waals surface area contributed by atoms with Gasteiger partial charge >= 0.3 is 0 Å². The van der Waals surface area contributed by atoms with Crippen LogP contribution in [0.4, 0.5) is 0 Å². The summed E-state index contributed by atoms with van der Waals surface area (Å²) in [6, 6.07) is 6.06. The Kier molecular flexibility index (Phi) is 10.3. The lowest BCUT2D eigenvalue weighted by atomic mass is 10.2. The minimum atomic E-state index is -4.16. The van der Waals surface area contributed by atoms with Crippen molar-refractivity contribution < 1.29 is 23.2 Å². The van der Waals surface area contributed by atoms with Crippen LogP contribution in [-0.4, -0.2) is 79.6 Å². The van der Waals surface area contributed by atoms with Crippen LogP contribution in [0.25, 0.3) is 0 Å². The van der Waals surface area contributed by atoms with Gasteiger partial charge in [-0.15, -0.1) is 0 Å². The molecule has 1 aromatic rings. The van der Waals surface area contributed by atoms with Gasteiger partial charge in [-0.3, -0.25) is 9.45 Å². The van der Waals surface area contributed by atoms with Crippen LogP contribution in [0.1, 0.15) is 19.4 Å². The molecule has 5 N–H and O–H groups in total. The fourth-order valence-electron chi connectivity index (χ4n) is 2.47. The van der Waals surface area contributed by atoms with Crippen molar-refractivity contribution in [3.05, 3.63) is 29.8 Å². The monoisotopic (exact) mass is 389 g/mol. The highest BCUT2D eigenvalue weighted by Crippen LogP contribution is 2.09. The van der Waals surface area contributed by atoms with Crippen molar-refractivity contribution in [2.45, 2.75) is 37.5 Å². The molecule has 0 heterocycles. The molecule has 0 saturated heterocycles. The highest BCUT2D eigenvalue weighted by atomic mass is 32.2. The molecule has 150 valence electrons. The largest absolute Gasteiger partial charge is 0.392 e. The number of hydrogen-bond acceptors (Lipinski definition) is 7. The molecule has 0 radical (unpaired) electrons. The molecular weight excluding hydrogens is 358 g/mol. The molecule has 0 aromatic heterocycles. The van der Waals surface area contributed by atoms with Crippen molar-refractivity contribution >= 4 is 10.1 Å². The van der Waals surface area contributed by atoms with E-state index >= 15 is 0 Å². The molecule has 0 amide bonds. The number of rotatable bonds is 13. The number of aliphatic hydroxyl groups is 2. The van der Waals surface area contributed by atoms with Crippen molar-refractivity contribution in [2.24, 2.45) is 0 Å². The van der Waals surface area contributed by atoms with Gasteiger partial charge in [0.2, 0.25) is 0 Å². The maximum atomic E-state index is 11.0.